The Bertz CT molecular complexity index is 785. The Hall–Kier alpha value is -2.56. The first-order valence-electron chi connectivity index (χ1n) is 6.86. The first-order valence-corrected chi connectivity index (χ1v) is 6.86. The fraction of sp³-hybridized carbons (Fsp3) is 0.250. The number of fused-ring (bicyclic) bond motifs is 1. The number of para-hydroxylation sites is 1. The van der Waals surface area contributed by atoms with Gasteiger partial charge >= 0.3 is 5.97 Å². The summed E-state index contributed by atoms with van der Waals surface area (Å²) in [5.41, 5.74) is 1.89. The monoisotopic (exact) mass is 285 g/mol. The maximum Gasteiger partial charge on any atom is 0.303 e. The molecule has 0 atom stereocenters. The Labute approximate surface area is 121 Å². The molecule has 2 aromatic heterocycles. The molecule has 3 aromatic rings. The second-order valence-electron chi connectivity index (χ2n) is 4.77. The Morgan fingerprint density at radius 1 is 1.29 bits per heavy atom. The predicted octanol–water partition coefficient (Wildman–Crippen LogP) is 3.67. The summed E-state index contributed by atoms with van der Waals surface area (Å²) in [5, 5.41) is 9.76. The normalized spacial score (nSPS) is 11.1. The maximum atomic E-state index is 10.6. The number of carboxylic acid groups (broad SMARTS) is 1. The number of oxazole rings is 1. The van der Waals surface area contributed by atoms with Gasteiger partial charge in [0, 0.05) is 17.4 Å². The van der Waals surface area contributed by atoms with E-state index < -0.39 is 5.97 Å². The summed E-state index contributed by atoms with van der Waals surface area (Å²) in [5.74, 6) is 0.763. The Kier molecular flexibility index (Phi) is 3.48. The second kappa shape index (κ2) is 5.44. The van der Waals surface area contributed by atoms with Crippen LogP contribution >= 0.6 is 0 Å². The van der Waals surface area contributed by atoms with E-state index in [-0.39, 0.29) is 12.8 Å². The van der Waals surface area contributed by atoms with Crippen LogP contribution in [0.1, 0.15) is 24.8 Å². The van der Waals surface area contributed by atoms with E-state index in [9.17, 15) is 4.79 Å². The van der Waals surface area contributed by atoms with Gasteiger partial charge in [-0.2, -0.15) is 0 Å². The molecule has 108 valence electrons. The molecular weight excluding hydrogens is 270 g/mol. The van der Waals surface area contributed by atoms with Crippen molar-refractivity contribution in [1.29, 1.82) is 0 Å². The van der Waals surface area contributed by atoms with Gasteiger partial charge in [-0.15, -0.1) is 0 Å². The van der Waals surface area contributed by atoms with E-state index >= 15 is 0 Å². The van der Waals surface area contributed by atoms with Crippen LogP contribution in [-0.4, -0.2) is 16.1 Å². The Morgan fingerprint density at radius 3 is 2.86 bits per heavy atom. The number of aliphatic carboxylic acids is 1. The van der Waals surface area contributed by atoms with Gasteiger partial charge in [-0.05, 0) is 12.5 Å². The molecule has 3 rings (SSSR count). The number of aryl methyl sites for hydroxylation is 2. The molecule has 0 aliphatic rings. The smallest absolute Gasteiger partial charge is 0.303 e. The first kappa shape index (κ1) is 13.4. The first-order chi connectivity index (χ1) is 10.2. The molecule has 0 aliphatic carbocycles. The van der Waals surface area contributed by atoms with Crippen LogP contribution in [0.25, 0.3) is 22.5 Å². The Morgan fingerprint density at radius 2 is 2.10 bits per heavy atom. The van der Waals surface area contributed by atoms with Gasteiger partial charge < -0.3 is 13.9 Å². The lowest BCUT2D eigenvalue weighted by atomic mass is 10.1. The second-order valence-corrected chi connectivity index (χ2v) is 4.77. The number of carboxylic acids is 1. The number of furan rings is 1. The van der Waals surface area contributed by atoms with Crippen molar-refractivity contribution in [2.45, 2.75) is 26.2 Å². The van der Waals surface area contributed by atoms with E-state index in [1.165, 1.54) is 0 Å². The van der Waals surface area contributed by atoms with Crippen molar-refractivity contribution < 1.29 is 18.7 Å². The average Bonchev–Trinajstić information content (AvgIpc) is 3.08. The molecule has 0 bridgehead atoms. The molecule has 0 amide bonds. The molecule has 0 fully saturated rings. The van der Waals surface area contributed by atoms with Gasteiger partial charge in [0.25, 0.3) is 0 Å². The van der Waals surface area contributed by atoms with Gasteiger partial charge in [0.05, 0.1) is 12.6 Å². The molecule has 0 unspecified atom stereocenters. The molecular formula is C16H15NO4. The molecule has 1 N–H and O–H groups in total. The highest BCUT2D eigenvalue weighted by atomic mass is 16.4. The predicted molar refractivity (Wildman–Crippen MR) is 77.0 cm³/mol. The van der Waals surface area contributed by atoms with Crippen LogP contribution in [0, 0.1) is 0 Å². The van der Waals surface area contributed by atoms with E-state index in [1.807, 2.05) is 24.3 Å². The van der Waals surface area contributed by atoms with Crippen LogP contribution in [0.5, 0.6) is 0 Å². The zero-order valence-electron chi connectivity index (χ0n) is 11.6. The van der Waals surface area contributed by atoms with Crippen molar-refractivity contribution in [3.8, 4) is 11.5 Å². The van der Waals surface area contributed by atoms with E-state index in [4.69, 9.17) is 13.9 Å². The third kappa shape index (κ3) is 2.54. The largest absolute Gasteiger partial charge is 0.481 e. The summed E-state index contributed by atoms with van der Waals surface area (Å²) >= 11 is 0. The number of aromatic nitrogens is 1. The number of nitrogens with zero attached hydrogens (tertiary/aromatic N) is 1. The molecule has 1 aromatic carbocycles. The van der Waals surface area contributed by atoms with Crippen LogP contribution in [-0.2, 0) is 17.6 Å². The zero-order chi connectivity index (χ0) is 14.8. The molecule has 21 heavy (non-hydrogen) atoms. The van der Waals surface area contributed by atoms with Crippen molar-refractivity contribution in [2.24, 2.45) is 0 Å². The summed E-state index contributed by atoms with van der Waals surface area (Å²) in [6.45, 7) is 2.06. The van der Waals surface area contributed by atoms with Gasteiger partial charge in [-0.3, -0.25) is 4.79 Å². The lowest BCUT2D eigenvalue weighted by molar-refractivity contribution is -0.137. The van der Waals surface area contributed by atoms with Crippen LogP contribution < -0.4 is 0 Å². The van der Waals surface area contributed by atoms with E-state index in [2.05, 4.69) is 11.9 Å². The highest BCUT2D eigenvalue weighted by Crippen LogP contribution is 2.34. The summed E-state index contributed by atoms with van der Waals surface area (Å²) in [6.07, 6.45) is 2.68. The van der Waals surface area contributed by atoms with Crippen molar-refractivity contribution in [3.63, 3.8) is 0 Å². The molecule has 0 aliphatic heterocycles. The van der Waals surface area contributed by atoms with Crippen molar-refractivity contribution >= 4 is 16.9 Å². The minimum atomic E-state index is -0.868. The molecule has 5 heteroatoms. The van der Waals surface area contributed by atoms with Gasteiger partial charge in [-0.25, -0.2) is 4.98 Å². The zero-order valence-corrected chi connectivity index (χ0v) is 11.6. The fourth-order valence-electron chi connectivity index (χ4n) is 2.39. The lowest BCUT2D eigenvalue weighted by Gasteiger charge is -1.96. The minimum Gasteiger partial charge on any atom is -0.481 e. The Balaban J connectivity index is 1.98. The molecule has 0 saturated carbocycles. The summed E-state index contributed by atoms with van der Waals surface area (Å²) in [4.78, 5) is 14.7. The topological polar surface area (TPSA) is 76.5 Å². The van der Waals surface area contributed by atoms with Gasteiger partial charge in [0.1, 0.15) is 5.58 Å². The highest BCUT2D eigenvalue weighted by Gasteiger charge is 2.18. The van der Waals surface area contributed by atoms with Crippen LogP contribution in [0.4, 0.5) is 0 Å². The van der Waals surface area contributed by atoms with Crippen molar-refractivity contribution in [1.82, 2.24) is 4.98 Å². The molecule has 5 nitrogen and oxygen atoms in total. The van der Waals surface area contributed by atoms with Crippen molar-refractivity contribution in [2.75, 3.05) is 0 Å². The van der Waals surface area contributed by atoms with Gasteiger partial charge in [0.2, 0.25) is 0 Å². The number of hydrogen-bond acceptors (Lipinski definition) is 4. The van der Waals surface area contributed by atoms with Crippen molar-refractivity contribution in [3.05, 3.63) is 41.9 Å². The quantitative estimate of drug-likeness (QED) is 0.774. The highest BCUT2D eigenvalue weighted by molar-refractivity contribution is 5.86. The fourth-order valence-corrected chi connectivity index (χ4v) is 2.39. The van der Waals surface area contributed by atoms with Crippen LogP contribution in [0.3, 0.4) is 0 Å². The summed E-state index contributed by atoms with van der Waals surface area (Å²) < 4.78 is 11.5. The van der Waals surface area contributed by atoms with Crippen LogP contribution in [0.15, 0.2) is 39.3 Å². The summed E-state index contributed by atoms with van der Waals surface area (Å²) in [7, 11) is 0. The number of carbonyl (C=O) groups is 1. The SMILES string of the molecule is CCc1c(-c2cnc(CCC(=O)O)o2)oc2ccccc12. The van der Waals surface area contributed by atoms with Gasteiger partial charge in [-0.1, -0.05) is 25.1 Å². The number of rotatable bonds is 5. The lowest BCUT2D eigenvalue weighted by Crippen LogP contribution is -1.97. The maximum absolute atomic E-state index is 10.6. The minimum absolute atomic E-state index is 0.000713. The summed E-state index contributed by atoms with van der Waals surface area (Å²) in [6, 6.07) is 7.83. The third-order valence-electron chi connectivity index (χ3n) is 3.38. The van der Waals surface area contributed by atoms with E-state index in [0.717, 1.165) is 23.0 Å². The molecule has 0 radical (unpaired) electrons. The third-order valence-corrected chi connectivity index (χ3v) is 3.38. The molecule has 0 spiro atoms. The molecule has 2 heterocycles. The van der Waals surface area contributed by atoms with E-state index in [0.29, 0.717) is 17.4 Å². The number of benzene rings is 1. The van der Waals surface area contributed by atoms with Gasteiger partial charge in [0.15, 0.2) is 17.4 Å². The molecule has 0 saturated heterocycles. The van der Waals surface area contributed by atoms with E-state index in [1.54, 1.807) is 6.20 Å². The van der Waals surface area contributed by atoms with Crippen LogP contribution in [0.2, 0.25) is 0 Å². The average molecular weight is 285 g/mol. The number of hydrogen-bond donors (Lipinski definition) is 1. The standard InChI is InChI=1S/C16H15NO4/c1-2-10-11-5-3-4-6-12(11)21-16(10)13-9-17-14(20-13)7-8-15(18)19/h3-6,9H,2,7-8H2,1H3,(H,18,19).